The van der Waals surface area contributed by atoms with E-state index in [9.17, 15) is 4.79 Å². The van der Waals surface area contributed by atoms with Gasteiger partial charge in [-0.3, -0.25) is 0 Å². The number of pyridine rings is 1. The maximum Gasteiger partial charge on any atom is 0.337 e. The third-order valence-corrected chi connectivity index (χ3v) is 3.44. The van der Waals surface area contributed by atoms with Gasteiger partial charge in [0.1, 0.15) is 5.75 Å². The fourth-order valence-corrected chi connectivity index (χ4v) is 2.01. The highest BCUT2D eigenvalue weighted by Gasteiger charge is 2.13. The molecule has 0 unspecified atom stereocenters. The van der Waals surface area contributed by atoms with Gasteiger partial charge >= 0.3 is 5.97 Å². The lowest BCUT2D eigenvalue weighted by molar-refractivity contribution is 0.0696. The van der Waals surface area contributed by atoms with Crippen LogP contribution in [0.3, 0.4) is 0 Å². The van der Waals surface area contributed by atoms with Crippen LogP contribution >= 0.6 is 11.6 Å². The number of hydrogen-bond acceptors (Lipinski definition) is 3. The summed E-state index contributed by atoms with van der Waals surface area (Å²) >= 11 is 5.78. The molecule has 20 heavy (non-hydrogen) atoms. The number of aromatic nitrogens is 1. The van der Waals surface area contributed by atoms with Crippen LogP contribution in [0.25, 0.3) is 0 Å². The van der Waals surface area contributed by atoms with Crippen molar-refractivity contribution in [2.45, 2.75) is 20.8 Å². The second-order valence-corrected chi connectivity index (χ2v) is 4.97. The fraction of sp³-hybridized carbons (Fsp3) is 0.200. The zero-order valence-corrected chi connectivity index (χ0v) is 12.2. The van der Waals surface area contributed by atoms with Gasteiger partial charge in [0.25, 0.3) is 0 Å². The summed E-state index contributed by atoms with van der Waals surface area (Å²) in [6.45, 7) is 5.86. The highest BCUT2D eigenvalue weighted by molar-refractivity contribution is 6.33. The van der Waals surface area contributed by atoms with Crippen LogP contribution in [0.1, 0.15) is 27.0 Å². The van der Waals surface area contributed by atoms with Crippen LogP contribution < -0.4 is 4.74 Å². The fourth-order valence-electron chi connectivity index (χ4n) is 1.83. The van der Waals surface area contributed by atoms with Crippen molar-refractivity contribution in [1.29, 1.82) is 0 Å². The number of rotatable bonds is 3. The van der Waals surface area contributed by atoms with Crippen LogP contribution in [-0.4, -0.2) is 16.1 Å². The number of aryl methyl sites for hydroxylation is 2. The van der Waals surface area contributed by atoms with E-state index in [-0.39, 0.29) is 16.5 Å². The Balaban J connectivity index is 2.43. The van der Waals surface area contributed by atoms with E-state index < -0.39 is 5.97 Å². The van der Waals surface area contributed by atoms with Crippen LogP contribution in [0, 0.1) is 20.8 Å². The number of carboxylic acid groups (broad SMARTS) is 1. The van der Waals surface area contributed by atoms with Gasteiger partial charge in [-0.25, -0.2) is 9.78 Å². The number of carboxylic acids is 1. The third kappa shape index (κ3) is 2.75. The molecular formula is C15H14ClNO3. The number of hydrogen-bond donors (Lipinski definition) is 1. The number of benzene rings is 1. The second-order valence-electron chi connectivity index (χ2n) is 4.56. The summed E-state index contributed by atoms with van der Waals surface area (Å²) < 4.78 is 5.73. The Hall–Kier alpha value is -2.07. The summed E-state index contributed by atoms with van der Waals surface area (Å²) in [6.07, 6.45) is 1.28. The molecular weight excluding hydrogens is 278 g/mol. The van der Waals surface area contributed by atoms with Crippen LogP contribution in [0.4, 0.5) is 0 Å². The normalized spacial score (nSPS) is 10.4. The van der Waals surface area contributed by atoms with Crippen LogP contribution in [0.5, 0.6) is 11.6 Å². The van der Waals surface area contributed by atoms with Gasteiger partial charge in [-0.2, -0.15) is 0 Å². The van der Waals surface area contributed by atoms with Gasteiger partial charge in [0, 0.05) is 6.07 Å². The average Bonchev–Trinajstić information content (AvgIpc) is 2.40. The first kappa shape index (κ1) is 14.3. The van der Waals surface area contributed by atoms with Gasteiger partial charge in [-0.15, -0.1) is 0 Å². The molecule has 0 aliphatic carbocycles. The second kappa shape index (κ2) is 5.51. The van der Waals surface area contributed by atoms with Gasteiger partial charge in [-0.1, -0.05) is 23.7 Å². The standard InChI is InChI=1S/C15H14ClNO3/c1-8-4-5-9(2)14(10(8)3)20-13-6-11(15(18)19)12(16)7-17-13/h4-7H,1-3H3,(H,18,19). The molecule has 0 radical (unpaired) electrons. The molecule has 0 spiro atoms. The Morgan fingerprint density at radius 3 is 2.55 bits per heavy atom. The molecule has 0 atom stereocenters. The molecule has 0 aliphatic rings. The van der Waals surface area contributed by atoms with Gasteiger partial charge in [-0.05, 0) is 37.5 Å². The summed E-state index contributed by atoms with van der Waals surface area (Å²) in [6, 6.07) is 5.28. The lowest BCUT2D eigenvalue weighted by Gasteiger charge is -2.13. The van der Waals surface area contributed by atoms with Gasteiger partial charge in [0.2, 0.25) is 5.88 Å². The van der Waals surface area contributed by atoms with Crippen molar-refractivity contribution in [2.75, 3.05) is 0 Å². The summed E-state index contributed by atoms with van der Waals surface area (Å²) in [7, 11) is 0. The minimum absolute atomic E-state index is 0.0281. The molecule has 0 bridgehead atoms. The molecule has 0 saturated heterocycles. The minimum Gasteiger partial charge on any atom is -0.478 e. The molecule has 5 heteroatoms. The van der Waals surface area contributed by atoms with Crippen LogP contribution in [0.15, 0.2) is 24.4 Å². The zero-order chi connectivity index (χ0) is 14.9. The third-order valence-electron chi connectivity index (χ3n) is 3.14. The Labute approximate surface area is 122 Å². The number of nitrogens with zero attached hydrogens (tertiary/aromatic N) is 1. The predicted octanol–water partition coefficient (Wildman–Crippen LogP) is 4.15. The van der Waals surface area contributed by atoms with Crippen LogP contribution in [0.2, 0.25) is 5.02 Å². The molecule has 4 nitrogen and oxygen atoms in total. The molecule has 0 aliphatic heterocycles. The lowest BCUT2D eigenvalue weighted by Crippen LogP contribution is -2.00. The molecule has 0 saturated carbocycles. The first-order valence-corrected chi connectivity index (χ1v) is 6.41. The summed E-state index contributed by atoms with van der Waals surface area (Å²) in [5, 5.41) is 9.13. The van der Waals surface area contributed by atoms with E-state index in [1.54, 1.807) is 0 Å². The van der Waals surface area contributed by atoms with Crippen molar-refractivity contribution in [3.05, 3.63) is 51.7 Å². The average molecular weight is 292 g/mol. The maximum absolute atomic E-state index is 11.0. The highest BCUT2D eigenvalue weighted by atomic mass is 35.5. The number of ether oxygens (including phenoxy) is 1. The topological polar surface area (TPSA) is 59.4 Å². The van der Waals surface area contributed by atoms with E-state index in [1.165, 1.54) is 12.3 Å². The highest BCUT2D eigenvalue weighted by Crippen LogP contribution is 2.31. The lowest BCUT2D eigenvalue weighted by atomic mass is 10.1. The van der Waals surface area contributed by atoms with Gasteiger partial charge in [0.15, 0.2) is 0 Å². The SMILES string of the molecule is Cc1ccc(C)c(Oc2cc(C(=O)O)c(Cl)cn2)c1C. The van der Waals surface area contributed by atoms with Crippen molar-refractivity contribution < 1.29 is 14.6 Å². The number of halogens is 1. The first-order valence-electron chi connectivity index (χ1n) is 6.03. The quantitative estimate of drug-likeness (QED) is 0.923. The van der Waals surface area contributed by atoms with E-state index in [4.69, 9.17) is 21.4 Å². The first-order chi connectivity index (χ1) is 9.40. The van der Waals surface area contributed by atoms with Crippen molar-refractivity contribution >= 4 is 17.6 Å². The molecule has 0 fully saturated rings. The van der Waals surface area contributed by atoms with Crippen molar-refractivity contribution in [3.8, 4) is 11.6 Å². The summed E-state index contributed by atoms with van der Waals surface area (Å²) in [5.74, 6) is -0.209. The summed E-state index contributed by atoms with van der Waals surface area (Å²) in [5.41, 5.74) is 3.03. The minimum atomic E-state index is -1.11. The Bertz CT molecular complexity index is 683. The van der Waals surface area contributed by atoms with E-state index >= 15 is 0 Å². The molecule has 1 aromatic carbocycles. The van der Waals surface area contributed by atoms with Gasteiger partial charge < -0.3 is 9.84 Å². The van der Waals surface area contributed by atoms with Crippen molar-refractivity contribution in [2.24, 2.45) is 0 Å². The smallest absolute Gasteiger partial charge is 0.337 e. The van der Waals surface area contributed by atoms with E-state index in [1.807, 2.05) is 32.9 Å². The Morgan fingerprint density at radius 1 is 1.25 bits per heavy atom. The molecule has 2 rings (SSSR count). The molecule has 1 aromatic heterocycles. The largest absolute Gasteiger partial charge is 0.478 e. The van der Waals surface area contributed by atoms with E-state index in [0.29, 0.717) is 5.75 Å². The molecule has 104 valence electrons. The van der Waals surface area contributed by atoms with Crippen LogP contribution in [-0.2, 0) is 0 Å². The summed E-state index contributed by atoms with van der Waals surface area (Å²) in [4.78, 5) is 15.1. The van der Waals surface area contributed by atoms with Crippen molar-refractivity contribution in [3.63, 3.8) is 0 Å². The maximum atomic E-state index is 11.0. The number of carbonyl (C=O) groups is 1. The Kier molecular flexibility index (Phi) is 3.95. The molecule has 1 N–H and O–H groups in total. The van der Waals surface area contributed by atoms with E-state index in [2.05, 4.69) is 4.98 Å². The molecule has 2 aromatic rings. The molecule has 0 amide bonds. The van der Waals surface area contributed by atoms with Gasteiger partial charge in [0.05, 0.1) is 16.8 Å². The number of aromatic carboxylic acids is 1. The Morgan fingerprint density at radius 2 is 1.90 bits per heavy atom. The van der Waals surface area contributed by atoms with E-state index in [0.717, 1.165) is 16.7 Å². The monoisotopic (exact) mass is 291 g/mol. The predicted molar refractivity (Wildman–Crippen MR) is 76.9 cm³/mol. The molecule has 1 heterocycles. The van der Waals surface area contributed by atoms with Crippen molar-refractivity contribution in [1.82, 2.24) is 4.98 Å². The zero-order valence-electron chi connectivity index (χ0n) is 11.4.